The van der Waals surface area contributed by atoms with E-state index in [1.54, 1.807) is 30.3 Å². The molecule has 1 aliphatic rings. The summed E-state index contributed by atoms with van der Waals surface area (Å²) in [6.07, 6.45) is 3.70. The SMILES string of the molecule is CC(=O)OCCCC1CCCN(NC(=O)C(=N)C(C)C(C)(Nc2ccc(Cl)cc2Cl)c2ccc(Cl)cc2)C1. The van der Waals surface area contributed by atoms with Crippen molar-refractivity contribution in [2.45, 2.75) is 52.0 Å². The highest BCUT2D eigenvalue weighted by Crippen LogP contribution is 2.38. The Labute approximate surface area is 239 Å². The van der Waals surface area contributed by atoms with Crippen molar-refractivity contribution in [3.05, 3.63) is 63.1 Å². The van der Waals surface area contributed by atoms with Crippen molar-refractivity contribution in [2.75, 3.05) is 25.0 Å². The smallest absolute Gasteiger partial charge is 0.302 e. The normalized spacial score (nSPS) is 18.2. The van der Waals surface area contributed by atoms with Gasteiger partial charge in [-0.25, -0.2) is 5.01 Å². The van der Waals surface area contributed by atoms with E-state index in [1.165, 1.54) is 6.92 Å². The molecule has 0 aliphatic carbocycles. The zero-order valence-corrected chi connectivity index (χ0v) is 24.2. The summed E-state index contributed by atoms with van der Waals surface area (Å²) in [6, 6.07) is 12.5. The third kappa shape index (κ3) is 8.09. The third-order valence-electron chi connectivity index (χ3n) is 7.15. The van der Waals surface area contributed by atoms with Crippen molar-refractivity contribution >= 4 is 58.1 Å². The van der Waals surface area contributed by atoms with Crippen molar-refractivity contribution in [3.63, 3.8) is 0 Å². The lowest BCUT2D eigenvalue weighted by Crippen LogP contribution is -2.53. The molecule has 3 rings (SSSR count). The van der Waals surface area contributed by atoms with E-state index in [2.05, 4.69) is 10.7 Å². The quantitative estimate of drug-likeness (QED) is 0.156. The van der Waals surface area contributed by atoms with Crippen LogP contribution in [0.2, 0.25) is 15.1 Å². The molecule has 10 heteroatoms. The second kappa shape index (κ2) is 13.7. The van der Waals surface area contributed by atoms with E-state index in [0.29, 0.717) is 39.8 Å². The molecule has 1 fully saturated rings. The molecule has 0 radical (unpaired) electrons. The molecule has 7 nitrogen and oxygen atoms in total. The average molecular weight is 582 g/mol. The Kier molecular flexibility index (Phi) is 10.9. The van der Waals surface area contributed by atoms with Gasteiger partial charge in [-0.1, -0.05) is 53.9 Å². The van der Waals surface area contributed by atoms with Gasteiger partial charge in [0.1, 0.15) is 5.71 Å². The summed E-state index contributed by atoms with van der Waals surface area (Å²) in [5.74, 6) is -0.866. The maximum Gasteiger partial charge on any atom is 0.302 e. The molecule has 2 aromatic rings. The van der Waals surface area contributed by atoms with Gasteiger partial charge in [0.15, 0.2) is 0 Å². The van der Waals surface area contributed by atoms with E-state index in [4.69, 9.17) is 44.9 Å². The number of carbonyl (C=O) groups excluding carboxylic acids is 2. The lowest BCUT2D eigenvalue weighted by Gasteiger charge is -2.39. The number of nitrogens with zero attached hydrogens (tertiary/aromatic N) is 1. The summed E-state index contributed by atoms with van der Waals surface area (Å²) in [7, 11) is 0. The van der Waals surface area contributed by atoms with Crippen LogP contribution in [0.3, 0.4) is 0 Å². The molecule has 38 heavy (non-hydrogen) atoms. The van der Waals surface area contributed by atoms with Crippen molar-refractivity contribution < 1.29 is 14.3 Å². The van der Waals surface area contributed by atoms with Crippen molar-refractivity contribution in [3.8, 4) is 0 Å². The number of hydrazine groups is 1. The number of benzene rings is 2. The van der Waals surface area contributed by atoms with Crippen LogP contribution >= 0.6 is 34.8 Å². The fraction of sp³-hybridized carbons (Fsp3) is 0.464. The number of amides is 1. The zero-order valence-electron chi connectivity index (χ0n) is 22.0. The number of piperidine rings is 1. The fourth-order valence-electron chi connectivity index (χ4n) is 4.78. The molecule has 1 amide bonds. The number of hydrogen-bond donors (Lipinski definition) is 3. The highest BCUT2D eigenvalue weighted by Gasteiger charge is 2.39. The first-order chi connectivity index (χ1) is 18.0. The Morgan fingerprint density at radius 1 is 1.16 bits per heavy atom. The van der Waals surface area contributed by atoms with Crippen LogP contribution in [0.4, 0.5) is 5.69 Å². The molecule has 1 heterocycles. The largest absolute Gasteiger partial charge is 0.466 e. The minimum absolute atomic E-state index is 0.0583. The van der Waals surface area contributed by atoms with Crippen molar-refractivity contribution in [1.29, 1.82) is 5.41 Å². The number of ether oxygens (including phenoxy) is 1. The first-order valence-corrected chi connectivity index (χ1v) is 13.9. The highest BCUT2D eigenvalue weighted by atomic mass is 35.5. The van der Waals surface area contributed by atoms with Gasteiger partial charge < -0.3 is 10.1 Å². The predicted molar refractivity (Wildman–Crippen MR) is 154 cm³/mol. The van der Waals surface area contributed by atoms with E-state index in [9.17, 15) is 9.59 Å². The number of anilines is 1. The molecule has 0 bridgehead atoms. The Morgan fingerprint density at radius 2 is 1.84 bits per heavy atom. The van der Waals surface area contributed by atoms with E-state index in [1.807, 2.05) is 31.0 Å². The van der Waals surface area contributed by atoms with Crippen LogP contribution in [0.25, 0.3) is 0 Å². The number of esters is 1. The lowest BCUT2D eigenvalue weighted by molar-refractivity contribution is -0.141. The summed E-state index contributed by atoms with van der Waals surface area (Å²) >= 11 is 18.7. The number of rotatable bonds is 11. The van der Waals surface area contributed by atoms with Gasteiger partial charge in [0, 0.05) is 36.0 Å². The van der Waals surface area contributed by atoms with Crippen LogP contribution in [0.5, 0.6) is 0 Å². The fourth-order valence-corrected chi connectivity index (χ4v) is 5.36. The maximum atomic E-state index is 13.3. The highest BCUT2D eigenvalue weighted by molar-refractivity contribution is 6.38. The van der Waals surface area contributed by atoms with Crippen LogP contribution in [-0.4, -0.2) is 42.3 Å². The second-order valence-electron chi connectivity index (χ2n) is 9.97. The van der Waals surface area contributed by atoms with Gasteiger partial charge in [0.2, 0.25) is 0 Å². The van der Waals surface area contributed by atoms with Crippen LogP contribution in [-0.2, 0) is 19.9 Å². The molecule has 0 saturated carbocycles. The topological polar surface area (TPSA) is 94.5 Å². The van der Waals surface area contributed by atoms with E-state index in [0.717, 1.165) is 37.8 Å². The first-order valence-electron chi connectivity index (χ1n) is 12.8. The summed E-state index contributed by atoms with van der Waals surface area (Å²) < 4.78 is 5.03. The van der Waals surface area contributed by atoms with Gasteiger partial charge in [-0.2, -0.15) is 0 Å². The lowest BCUT2D eigenvalue weighted by atomic mass is 9.77. The van der Waals surface area contributed by atoms with Gasteiger partial charge in [-0.3, -0.25) is 20.4 Å². The maximum absolute atomic E-state index is 13.3. The van der Waals surface area contributed by atoms with Crippen molar-refractivity contribution in [1.82, 2.24) is 10.4 Å². The summed E-state index contributed by atoms with van der Waals surface area (Å²) in [6.45, 7) is 7.02. The molecule has 0 spiro atoms. The third-order valence-corrected chi connectivity index (χ3v) is 7.95. The Bertz CT molecular complexity index is 1140. The van der Waals surface area contributed by atoms with E-state index >= 15 is 0 Å². The van der Waals surface area contributed by atoms with Gasteiger partial charge in [0.25, 0.3) is 5.91 Å². The Morgan fingerprint density at radius 3 is 2.50 bits per heavy atom. The molecule has 0 aromatic heterocycles. The van der Waals surface area contributed by atoms with Crippen LogP contribution < -0.4 is 10.7 Å². The molecule has 206 valence electrons. The Hall–Kier alpha value is -2.32. The molecule has 3 atom stereocenters. The first kappa shape index (κ1) is 30.2. The summed E-state index contributed by atoms with van der Waals surface area (Å²) in [4.78, 5) is 24.2. The van der Waals surface area contributed by atoms with Gasteiger partial charge in [-0.05, 0) is 74.4 Å². The number of nitrogens with one attached hydrogen (secondary N) is 3. The Balaban J connectivity index is 1.72. The molecule has 3 unspecified atom stereocenters. The predicted octanol–water partition coefficient (Wildman–Crippen LogP) is 6.72. The summed E-state index contributed by atoms with van der Waals surface area (Å²) in [5, 5.41) is 15.7. The van der Waals surface area contributed by atoms with Crippen LogP contribution in [0.15, 0.2) is 42.5 Å². The number of carbonyl (C=O) groups is 2. The molecule has 1 saturated heterocycles. The minimum Gasteiger partial charge on any atom is -0.466 e. The van der Waals surface area contributed by atoms with Gasteiger partial charge in [0.05, 0.1) is 22.9 Å². The molecule has 3 N–H and O–H groups in total. The van der Waals surface area contributed by atoms with E-state index in [-0.39, 0.29) is 11.7 Å². The van der Waals surface area contributed by atoms with E-state index < -0.39 is 17.4 Å². The molecular formula is C28H35Cl3N4O3. The minimum atomic E-state index is -0.863. The molecule has 2 aromatic carbocycles. The van der Waals surface area contributed by atoms with Crippen molar-refractivity contribution in [2.24, 2.45) is 11.8 Å². The molecular weight excluding hydrogens is 547 g/mol. The summed E-state index contributed by atoms with van der Waals surface area (Å²) in [5.41, 5.74) is 3.51. The standard InChI is InChI=1S/C28H35Cl3N4O3/c1-18(26(32)27(37)34-35-14-4-6-20(17-35)7-5-15-38-19(2)36)28(3,21-8-10-22(29)11-9-21)33-25-13-12-23(30)16-24(25)31/h8-13,16,18,20,32-33H,4-7,14-15,17H2,1-3H3,(H,34,37). The second-order valence-corrected chi connectivity index (χ2v) is 11.3. The van der Waals surface area contributed by atoms with Crippen LogP contribution in [0, 0.1) is 17.2 Å². The van der Waals surface area contributed by atoms with Gasteiger partial charge in [-0.15, -0.1) is 0 Å². The molecule has 1 aliphatic heterocycles. The average Bonchev–Trinajstić information content (AvgIpc) is 2.87. The van der Waals surface area contributed by atoms with Crippen LogP contribution in [0.1, 0.15) is 52.0 Å². The number of halogens is 3. The number of hydrogen-bond acceptors (Lipinski definition) is 6. The van der Waals surface area contributed by atoms with Gasteiger partial charge >= 0.3 is 5.97 Å². The zero-order chi connectivity index (χ0) is 27.9. The monoisotopic (exact) mass is 580 g/mol.